The van der Waals surface area contributed by atoms with Gasteiger partial charge in [-0.1, -0.05) is 0 Å². The van der Waals surface area contributed by atoms with Crippen LogP contribution in [-0.4, -0.2) is 12.6 Å². The van der Waals surface area contributed by atoms with Crippen molar-refractivity contribution in [1.82, 2.24) is 0 Å². The van der Waals surface area contributed by atoms with E-state index >= 15 is 0 Å². The first kappa shape index (κ1) is 11.2. The summed E-state index contributed by atoms with van der Waals surface area (Å²) in [7, 11) is 0. The minimum Gasteiger partial charge on any atom is -0.379 e. The van der Waals surface area contributed by atoms with E-state index in [1.807, 2.05) is 0 Å². The number of benzene rings is 1. The zero-order valence-electron chi connectivity index (χ0n) is 8.34. The highest BCUT2D eigenvalue weighted by molar-refractivity contribution is 5.58. The molecule has 0 radical (unpaired) electrons. The van der Waals surface area contributed by atoms with Gasteiger partial charge in [0.2, 0.25) is 0 Å². The van der Waals surface area contributed by atoms with Gasteiger partial charge in [-0.15, -0.1) is 0 Å². The fourth-order valence-corrected chi connectivity index (χ4v) is 1.83. The molecule has 1 heterocycles. The van der Waals surface area contributed by atoms with Crippen LogP contribution in [0.15, 0.2) is 18.2 Å². The Balaban J connectivity index is 2.21. The molecule has 16 heavy (non-hydrogen) atoms. The van der Waals surface area contributed by atoms with Gasteiger partial charge < -0.3 is 10.2 Å². The van der Waals surface area contributed by atoms with Crippen LogP contribution in [0.3, 0.4) is 0 Å². The molecule has 2 rings (SSSR count). The zero-order chi connectivity index (χ0) is 11.8. The van der Waals surface area contributed by atoms with E-state index in [4.69, 9.17) is 5.90 Å². The second-order valence-corrected chi connectivity index (χ2v) is 3.75. The van der Waals surface area contributed by atoms with Crippen LogP contribution >= 0.6 is 0 Å². The minimum absolute atomic E-state index is 0.0523. The van der Waals surface area contributed by atoms with E-state index in [1.54, 1.807) is 0 Å². The number of rotatable bonds is 2. The number of nitrogens with two attached hydrogens (primary N) is 1. The number of fused-ring (bicyclic) bond motifs is 1. The highest BCUT2D eigenvalue weighted by Crippen LogP contribution is 2.34. The Kier molecular flexibility index (Phi) is 2.77. The van der Waals surface area contributed by atoms with E-state index in [9.17, 15) is 13.2 Å². The molecule has 0 amide bonds. The molecule has 3 N–H and O–H groups in total. The second-order valence-electron chi connectivity index (χ2n) is 3.75. The molecule has 0 bridgehead atoms. The molecule has 3 nitrogen and oxygen atoms in total. The molecule has 0 saturated carbocycles. The molecule has 0 spiro atoms. The van der Waals surface area contributed by atoms with Crippen LogP contribution in [0.4, 0.5) is 18.9 Å². The van der Waals surface area contributed by atoms with Gasteiger partial charge in [0.05, 0.1) is 18.2 Å². The Morgan fingerprint density at radius 2 is 2.19 bits per heavy atom. The first-order valence-corrected chi connectivity index (χ1v) is 4.79. The van der Waals surface area contributed by atoms with E-state index in [-0.39, 0.29) is 12.6 Å². The van der Waals surface area contributed by atoms with E-state index in [2.05, 4.69) is 10.2 Å². The van der Waals surface area contributed by atoms with Crippen molar-refractivity contribution in [3.63, 3.8) is 0 Å². The molecular formula is C10H11F3N2O. The summed E-state index contributed by atoms with van der Waals surface area (Å²) in [4.78, 5) is 4.47. The van der Waals surface area contributed by atoms with Crippen LogP contribution < -0.4 is 11.2 Å². The van der Waals surface area contributed by atoms with E-state index in [0.29, 0.717) is 12.0 Å². The third kappa shape index (κ3) is 2.12. The van der Waals surface area contributed by atoms with E-state index < -0.39 is 11.7 Å². The lowest BCUT2D eigenvalue weighted by molar-refractivity contribution is -0.137. The number of anilines is 1. The lowest BCUT2D eigenvalue weighted by Crippen LogP contribution is -2.24. The van der Waals surface area contributed by atoms with Gasteiger partial charge in [0, 0.05) is 5.69 Å². The Hall–Kier alpha value is -1.27. The average Bonchev–Trinajstić information content (AvgIpc) is 2.57. The fourth-order valence-electron chi connectivity index (χ4n) is 1.83. The van der Waals surface area contributed by atoms with Crippen LogP contribution in [0.1, 0.15) is 11.1 Å². The third-order valence-corrected chi connectivity index (χ3v) is 2.56. The summed E-state index contributed by atoms with van der Waals surface area (Å²) in [6.07, 6.45) is -3.80. The highest BCUT2D eigenvalue weighted by atomic mass is 19.4. The van der Waals surface area contributed by atoms with Crippen molar-refractivity contribution in [3.8, 4) is 0 Å². The first-order valence-electron chi connectivity index (χ1n) is 4.79. The van der Waals surface area contributed by atoms with Gasteiger partial charge in [-0.25, -0.2) is 5.90 Å². The van der Waals surface area contributed by atoms with Crippen LogP contribution in [-0.2, 0) is 17.4 Å². The summed E-state index contributed by atoms with van der Waals surface area (Å²) in [5.74, 6) is 4.92. The summed E-state index contributed by atoms with van der Waals surface area (Å²) >= 11 is 0. The predicted octanol–water partition coefficient (Wildman–Crippen LogP) is 1.93. The molecule has 1 unspecified atom stereocenters. The molecule has 0 saturated heterocycles. The standard InChI is InChI=1S/C10H11F3N2O/c11-10(12,13)7-1-2-9-6(3-7)4-8(15-9)5-16-14/h1-3,8,15H,4-5,14H2. The van der Waals surface area contributed by atoms with Gasteiger partial charge >= 0.3 is 6.18 Å². The van der Waals surface area contributed by atoms with Gasteiger partial charge in [-0.3, -0.25) is 0 Å². The molecule has 1 aliphatic heterocycles. The Morgan fingerprint density at radius 1 is 1.44 bits per heavy atom. The van der Waals surface area contributed by atoms with Crippen molar-refractivity contribution >= 4 is 5.69 Å². The minimum atomic E-state index is -4.29. The van der Waals surface area contributed by atoms with Crippen LogP contribution in [0, 0.1) is 0 Å². The van der Waals surface area contributed by atoms with Gasteiger partial charge in [0.1, 0.15) is 0 Å². The number of alkyl halides is 3. The van der Waals surface area contributed by atoms with E-state index in [0.717, 1.165) is 11.8 Å². The van der Waals surface area contributed by atoms with E-state index in [1.165, 1.54) is 12.1 Å². The molecule has 0 aliphatic carbocycles. The molecule has 0 aromatic heterocycles. The maximum atomic E-state index is 12.4. The Bertz CT molecular complexity index is 392. The lowest BCUT2D eigenvalue weighted by atomic mass is 10.1. The molecule has 0 fully saturated rings. The molecule has 88 valence electrons. The normalized spacial score (nSPS) is 19.4. The molecule has 1 aromatic rings. The quantitative estimate of drug-likeness (QED) is 0.766. The third-order valence-electron chi connectivity index (χ3n) is 2.56. The average molecular weight is 232 g/mol. The summed E-state index contributed by atoms with van der Waals surface area (Å²) in [5, 5.41) is 3.04. The van der Waals surface area contributed by atoms with Crippen molar-refractivity contribution in [3.05, 3.63) is 29.3 Å². The topological polar surface area (TPSA) is 47.3 Å². The summed E-state index contributed by atoms with van der Waals surface area (Å²) in [6.45, 7) is 0.274. The summed E-state index contributed by atoms with van der Waals surface area (Å²) < 4.78 is 37.3. The maximum Gasteiger partial charge on any atom is 0.416 e. The second kappa shape index (κ2) is 3.95. The van der Waals surface area contributed by atoms with Gasteiger partial charge in [-0.05, 0) is 30.2 Å². The molecule has 1 aromatic carbocycles. The highest BCUT2D eigenvalue weighted by Gasteiger charge is 2.32. The van der Waals surface area contributed by atoms with Crippen LogP contribution in [0.25, 0.3) is 0 Å². The van der Waals surface area contributed by atoms with Crippen LogP contribution in [0.2, 0.25) is 0 Å². The lowest BCUT2D eigenvalue weighted by Gasteiger charge is -2.08. The fraction of sp³-hybridized carbons (Fsp3) is 0.400. The summed E-state index contributed by atoms with van der Waals surface area (Å²) in [6, 6.07) is 3.62. The SMILES string of the molecule is NOCC1Cc2cc(C(F)(F)F)ccc2N1. The smallest absolute Gasteiger partial charge is 0.379 e. The molecule has 1 aliphatic rings. The van der Waals surface area contributed by atoms with Crippen molar-refractivity contribution < 1.29 is 18.0 Å². The largest absolute Gasteiger partial charge is 0.416 e. The van der Waals surface area contributed by atoms with Crippen molar-refractivity contribution in [2.24, 2.45) is 5.90 Å². The van der Waals surface area contributed by atoms with Crippen molar-refractivity contribution in [2.75, 3.05) is 11.9 Å². The monoisotopic (exact) mass is 232 g/mol. The Morgan fingerprint density at radius 3 is 2.81 bits per heavy atom. The Labute approximate surface area is 90.3 Å². The predicted molar refractivity (Wildman–Crippen MR) is 52.7 cm³/mol. The molecule has 1 atom stereocenters. The number of nitrogens with one attached hydrogen (secondary N) is 1. The molecule has 6 heteroatoms. The van der Waals surface area contributed by atoms with Gasteiger partial charge in [0.25, 0.3) is 0 Å². The number of hydrogen-bond donors (Lipinski definition) is 2. The van der Waals surface area contributed by atoms with Gasteiger partial charge in [-0.2, -0.15) is 13.2 Å². The van der Waals surface area contributed by atoms with Crippen LogP contribution in [0.5, 0.6) is 0 Å². The summed E-state index contributed by atoms with van der Waals surface area (Å²) in [5.41, 5.74) is 0.745. The maximum absolute atomic E-state index is 12.4. The number of halogens is 3. The van der Waals surface area contributed by atoms with Crippen molar-refractivity contribution in [1.29, 1.82) is 0 Å². The number of hydrogen-bond acceptors (Lipinski definition) is 3. The van der Waals surface area contributed by atoms with Crippen molar-refractivity contribution in [2.45, 2.75) is 18.6 Å². The molecular weight excluding hydrogens is 221 g/mol. The zero-order valence-corrected chi connectivity index (χ0v) is 8.34. The first-order chi connectivity index (χ1) is 7.50. The van der Waals surface area contributed by atoms with Gasteiger partial charge in [0.15, 0.2) is 0 Å².